The van der Waals surface area contributed by atoms with E-state index in [0.29, 0.717) is 20.3 Å². The Balaban J connectivity index is 1.73. The second kappa shape index (κ2) is 8.55. The Labute approximate surface area is 190 Å². The van der Waals surface area contributed by atoms with Gasteiger partial charge in [0, 0.05) is 18.2 Å². The van der Waals surface area contributed by atoms with E-state index in [-0.39, 0.29) is 0 Å². The summed E-state index contributed by atoms with van der Waals surface area (Å²) in [6, 6.07) is -0.971. The lowest BCUT2D eigenvalue weighted by Crippen LogP contribution is -2.45. The molecule has 4 heterocycles. The van der Waals surface area contributed by atoms with E-state index in [9.17, 15) is 49.1 Å². The Kier molecular flexibility index (Phi) is 6.12. The summed E-state index contributed by atoms with van der Waals surface area (Å²) in [6.07, 6.45) is -15.1. The number of pyridine rings is 1. The van der Waals surface area contributed by atoms with E-state index < -0.39 is 104 Å². The highest BCUT2D eigenvalue weighted by molar-refractivity contribution is 5.81. The van der Waals surface area contributed by atoms with E-state index >= 15 is 0 Å². The highest BCUT2D eigenvalue weighted by atomic mass is 19.4. The molecular weight excluding hydrogens is 501 g/mol. The average Bonchev–Trinajstić information content (AvgIpc) is 3.25. The number of halogens is 9. The van der Waals surface area contributed by atoms with Gasteiger partial charge in [-0.3, -0.25) is 9.36 Å². The normalized spacial score (nSPS) is 25.1. The molecule has 2 aliphatic rings. The fraction of sp³-hybridized carbons (Fsp3) is 0.579. The van der Waals surface area contributed by atoms with Crippen LogP contribution in [0.4, 0.5) is 39.5 Å². The first-order valence-corrected chi connectivity index (χ1v) is 10.2. The molecule has 192 valence electrons. The molecule has 35 heavy (non-hydrogen) atoms. The fourth-order valence-electron chi connectivity index (χ4n) is 4.24. The second-order valence-corrected chi connectivity index (χ2v) is 8.33. The number of carbonyl (C=O) groups is 1. The molecule has 2 aromatic rings. The molecule has 1 fully saturated rings. The van der Waals surface area contributed by atoms with Crippen LogP contribution in [-0.4, -0.2) is 61.7 Å². The smallest absolute Gasteiger partial charge is 0.335 e. The average molecular weight is 517 g/mol. The highest BCUT2D eigenvalue weighted by Crippen LogP contribution is 2.39. The minimum Gasteiger partial charge on any atom is -0.335 e. The van der Waals surface area contributed by atoms with Crippen molar-refractivity contribution in [2.24, 2.45) is 5.92 Å². The molecule has 0 aromatic carbocycles. The van der Waals surface area contributed by atoms with E-state index in [1.54, 1.807) is 0 Å². The Morgan fingerprint density at radius 2 is 1.71 bits per heavy atom. The van der Waals surface area contributed by atoms with Gasteiger partial charge in [-0.25, -0.2) is 27.6 Å². The quantitative estimate of drug-likeness (QED) is 0.588. The van der Waals surface area contributed by atoms with E-state index in [1.807, 2.05) is 0 Å². The largest absolute Gasteiger partial charge is 0.436 e. The maximum atomic E-state index is 14.4. The van der Waals surface area contributed by atoms with E-state index in [2.05, 4.69) is 10.1 Å². The minimum absolute atomic E-state index is 0.437. The maximum absolute atomic E-state index is 14.4. The predicted octanol–water partition coefficient (Wildman–Crippen LogP) is 2.83. The van der Waals surface area contributed by atoms with Crippen LogP contribution < -0.4 is 5.69 Å². The highest BCUT2D eigenvalue weighted by Gasteiger charge is 2.49. The molecule has 0 saturated carbocycles. The Morgan fingerprint density at radius 3 is 2.29 bits per heavy atom. The van der Waals surface area contributed by atoms with E-state index in [0.717, 1.165) is 6.07 Å². The van der Waals surface area contributed by atoms with Gasteiger partial charge in [-0.1, -0.05) is 0 Å². The summed E-state index contributed by atoms with van der Waals surface area (Å²) in [7, 11) is 0. The van der Waals surface area contributed by atoms with Crippen LogP contribution in [0.15, 0.2) is 17.1 Å². The van der Waals surface area contributed by atoms with Gasteiger partial charge in [-0.2, -0.15) is 31.4 Å². The Hall–Kier alpha value is -3.07. The molecule has 0 radical (unpaired) electrons. The monoisotopic (exact) mass is 517 g/mol. The molecular formula is C19H16F9N5O2. The van der Waals surface area contributed by atoms with Crippen LogP contribution in [0, 0.1) is 11.7 Å². The SMILES string of the molecule is O=C([C@H]1C[C@@H](C(F)(F)F)Cc2nn(Cc3ccnc(C(F)(F)F)c3F)c(=O)n21)N1C[C@@H](F)[C@@H](F)C1. The number of aromatic nitrogens is 4. The van der Waals surface area contributed by atoms with Gasteiger partial charge in [-0.15, -0.1) is 0 Å². The van der Waals surface area contributed by atoms with Gasteiger partial charge < -0.3 is 4.90 Å². The van der Waals surface area contributed by atoms with Crippen LogP contribution >= 0.6 is 0 Å². The van der Waals surface area contributed by atoms with E-state index in [4.69, 9.17) is 0 Å². The zero-order chi connectivity index (χ0) is 25.9. The van der Waals surface area contributed by atoms with Crippen LogP contribution in [0.2, 0.25) is 0 Å². The summed E-state index contributed by atoms with van der Waals surface area (Å²) in [6.45, 7) is -2.32. The number of nitrogens with zero attached hydrogens (tertiary/aromatic N) is 5. The third-order valence-corrected chi connectivity index (χ3v) is 5.99. The number of carbonyl (C=O) groups excluding carboxylic acids is 1. The topological polar surface area (TPSA) is 73.0 Å². The molecule has 1 saturated heterocycles. The molecule has 7 nitrogen and oxygen atoms in total. The van der Waals surface area contributed by atoms with Gasteiger partial charge in [0.15, 0.2) is 23.9 Å². The molecule has 1 amide bonds. The summed E-state index contributed by atoms with van der Waals surface area (Å²) >= 11 is 0. The van der Waals surface area contributed by atoms with Crippen molar-refractivity contribution in [3.8, 4) is 0 Å². The lowest BCUT2D eigenvalue weighted by Gasteiger charge is -2.32. The third-order valence-electron chi connectivity index (χ3n) is 5.99. The van der Waals surface area contributed by atoms with Gasteiger partial charge in [0.1, 0.15) is 11.9 Å². The van der Waals surface area contributed by atoms with Gasteiger partial charge >= 0.3 is 18.0 Å². The first-order valence-electron chi connectivity index (χ1n) is 10.2. The minimum atomic E-state index is -5.14. The van der Waals surface area contributed by atoms with Gasteiger partial charge in [-0.05, 0) is 12.5 Å². The van der Waals surface area contributed by atoms with Crippen molar-refractivity contribution >= 4 is 5.91 Å². The molecule has 16 heteroatoms. The molecule has 2 aromatic heterocycles. The predicted molar refractivity (Wildman–Crippen MR) is 98.1 cm³/mol. The number of fused-ring (bicyclic) bond motifs is 1. The summed E-state index contributed by atoms with van der Waals surface area (Å²) in [4.78, 5) is 29.4. The second-order valence-electron chi connectivity index (χ2n) is 8.33. The Morgan fingerprint density at radius 1 is 1.09 bits per heavy atom. The fourth-order valence-corrected chi connectivity index (χ4v) is 4.24. The van der Waals surface area contributed by atoms with E-state index in [1.165, 1.54) is 0 Å². The molecule has 4 atom stereocenters. The van der Waals surface area contributed by atoms with Crippen molar-refractivity contribution in [1.29, 1.82) is 0 Å². The van der Waals surface area contributed by atoms with Crippen LogP contribution in [0.3, 0.4) is 0 Å². The molecule has 0 unspecified atom stereocenters. The zero-order valence-electron chi connectivity index (χ0n) is 17.5. The lowest BCUT2D eigenvalue weighted by molar-refractivity contribution is -0.183. The summed E-state index contributed by atoms with van der Waals surface area (Å²) in [5.41, 5.74) is -3.70. The molecule has 0 aliphatic carbocycles. The van der Waals surface area contributed by atoms with Crippen molar-refractivity contribution in [3.63, 3.8) is 0 Å². The van der Waals surface area contributed by atoms with Gasteiger partial charge in [0.05, 0.1) is 25.6 Å². The van der Waals surface area contributed by atoms with Crippen LogP contribution in [-0.2, 0) is 23.9 Å². The van der Waals surface area contributed by atoms with Crippen molar-refractivity contribution in [3.05, 3.63) is 45.6 Å². The number of hydrogen-bond acceptors (Lipinski definition) is 4. The summed E-state index contributed by atoms with van der Waals surface area (Å²) < 4.78 is 122. The molecule has 0 N–H and O–H groups in total. The number of hydrogen-bond donors (Lipinski definition) is 0. The molecule has 0 bridgehead atoms. The molecule has 4 rings (SSSR count). The number of amides is 1. The number of likely N-dealkylation sites (tertiary alicyclic amines) is 1. The van der Waals surface area contributed by atoms with Crippen LogP contribution in [0.25, 0.3) is 0 Å². The van der Waals surface area contributed by atoms with Crippen molar-refractivity contribution in [2.75, 3.05) is 13.1 Å². The Bertz CT molecular complexity index is 1180. The summed E-state index contributed by atoms with van der Waals surface area (Å²) in [5, 5.41) is 3.71. The lowest BCUT2D eigenvalue weighted by atomic mass is 9.91. The van der Waals surface area contributed by atoms with Crippen molar-refractivity contribution in [1.82, 2.24) is 24.2 Å². The molecule has 0 spiro atoms. The van der Waals surface area contributed by atoms with Gasteiger partial charge in [0.25, 0.3) is 0 Å². The zero-order valence-corrected chi connectivity index (χ0v) is 17.5. The van der Waals surface area contributed by atoms with Crippen LogP contribution in [0.1, 0.15) is 29.5 Å². The van der Waals surface area contributed by atoms with Crippen LogP contribution in [0.5, 0.6) is 0 Å². The number of alkyl halides is 8. The third kappa shape index (κ3) is 4.61. The first-order chi connectivity index (χ1) is 16.2. The van der Waals surface area contributed by atoms with Crippen molar-refractivity contribution in [2.45, 2.75) is 50.1 Å². The number of rotatable bonds is 3. The van der Waals surface area contributed by atoms with Crippen molar-refractivity contribution < 1.29 is 44.3 Å². The first kappa shape index (κ1) is 25.0. The standard InChI is InChI=1S/C19H16F9N5O2/c20-10-6-31(7-11(10)21)16(34)12-3-9(18(23,24)25)4-13-30-32(17(35)33(12)13)5-8-1-2-29-15(14(8)22)19(26,27)28/h1-2,9-12H,3-7H2/t9-,10-,11+,12-/m1/s1. The van der Waals surface area contributed by atoms with Gasteiger partial charge in [0.2, 0.25) is 5.91 Å². The molecule has 2 aliphatic heterocycles. The maximum Gasteiger partial charge on any atom is 0.436 e. The summed E-state index contributed by atoms with van der Waals surface area (Å²) in [5.74, 6) is -5.56.